The molecule has 1 aromatic carbocycles. The summed E-state index contributed by atoms with van der Waals surface area (Å²) in [5.74, 6) is -1.14. The quantitative estimate of drug-likeness (QED) is 0.590. The van der Waals surface area contributed by atoms with Crippen LogP contribution in [-0.2, 0) is 14.1 Å². The highest BCUT2D eigenvalue weighted by molar-refractivity contribution is 7.47. The molecule has 94 valence electrons. The van der Waals surface area contributed by atoms with Crippen molar-refractivity contribution in [1.82, 2.24) is 0 Å². The van der Waals surface area contributed by atoms with Crippen molar-refractivity contribution in [1.29, 1.82) is 0 Å². The first-order valence-electron chi connectivity index (χ1n) is 5.17. The molecule has 2 atom stereocenters. The summed E-state index contributed by atoms with van der Waals surface area (Å²) in [5, 5.41) is 8.82. The van der Waals surface area contributed by atoms with E-state index in [9.17, 15) is 9.36 Å². The number of aliphatic hydroxyl groups excluding tert-OH is 1. The average molecular weight is 258 g/mol. The van der Waals surface area contributed by atoms with Crippen LogP contribution < -0.4 is 5.30 Å². The first-order chi connectivity index (χ1) is 8.07. The summed E-state index contributed by atoms with van der Waals surface area (Å²) >= 11 is 0. The van der Waals surface area contributed by atoms with Gasteiger partial charge in [0.05, 0.1) is 12.5 Å². The lowest BCUT2D eigenvalue weighted by molar-refractivity contribution is -0.146. The molecule has 0 saturated heterocycles. The molecule has 17 heavy (non-hydrogen) atoms. The van der Waals surface area contributed by atoms with Crippen LogP contribution in [0.25, 0.3) is 0 Å². The Morgan fingerprint density at radius 2 is 2.12 bits per heavy atom. The van der Waals surface area contributed by atoms with Gasteiger partial charge < -0.3 is 14.7 Å². The molecule has 1 aromatic rings. The largest absolute Gasteiger partial charge is 0.463 e. The zero-order valence-electron chi connectivity index (χ0n) is 9.42. The Morgan fingerprint density at radius 3 is 2.71 bits per heavy atom. The van der Waals surface area contributed by atoms with Crippen LogP contribution in [0.5, 0.6) is 0 Å². The van der Waals surface area contributed by atoms with E-state index in [0.717, 1.165) is 0 Å². The summed E-state index contributed by atoms with van der Waals surface area (Å²) in [6.45, 7) is 1.29. The third-order valence-corrected chi connectivity index (χ3v) is 3.26. The third kappa shape index (κ3) is 3.66. The summed E-state index contributed by atoms with van der Waals surface area (Å²) in [4.78, 5) is 20.7. The van der Waals surface area contributed by atoms with Crippen molar-refractivity contribution in [3.63, 3.8) is 0 Å². The van der Waals surface area contributed by atoms with Crippen molar-refractivity contribution in [3.05, 3.63) is 29.8 Å². The Kier molecular flexibility index (Phi) is 5.35. The lowest BCUT2D eigenvalue weighted by Gasteiger charge is -2.13. The number of ether oxygens (including phenoxy) is 1. The van der Waals surface area contributed by atoms with Crippen LogP contribution in [0.3, 0.4) is 0 Å². The monoisotopic (exact) mass is 258 g/mol. The van der Waals surface area contributed by atoms with Gasteiger partial charge in [0.2, 0.25) is 8.03 Å². The maximum Gasteiger partial charge on any atom is 0.313 e. The summed E-state index contributed by atoms with van der Waals surface area (Å²) in [5.41, 5.74) is 0.488. The number of carbonyl (C=O) groups is 1. The maximum atomic E-state index is 11.6. The van der Waals surface area contributed by atoms with E-state index in [2.05, 4.69) is 0 Å². The number of esters is 1. The van der Waals surface area contributed by atoms with Gasteiger partial charge in [-0.15, -0.1) is 0 Å². The van der Waals surface area contributed by atoms with Crippen molar-refractivity contribution in [2.45, 2.75) is 12.8 Å². The van der Waals surface area contributed by atoms with Gasteiger partial charge >= 0.3 is 5.97 Å². The molecule has 0 spiro atoms. The van der Waals surface area contributed by atoms with Crippen LogP contribution in [0, 0.1) is 0 Å². The average Bonchev–Trinajstić information content (AvgIpc) is 2.34. The smallest absolute Gasteiger partial charge is 0.313 e. The third-order valence-electron chi connectivity index (χ3n) is 2.35. The molecule has 0 fully saturated rings. The maximum absolute atomic E-state index is 11.6. The molecule has 5 nitrogen and oxygen atoms in total. The summed E-state index contributed by atoms with van der Waals surface area (Å²) < 4.78 is 15.9. The van der Waals surface area contributed by atoms with Crippen molar-refractivity contribution < 1.29 is 24.1 Å². The van der Waals surface area contributed by atoms with Gasteiger partial charge in [-0.3, -0.25) is 9.36 Å². The van der Waals surface area contributed by atoms with E-state index < -0.39 is 19.9 Å². The Bertz CT molecular complexity index is 418. The minimum atomic E-state index is -2.85. The minimum Gasteiger partial charge on any atom is -0.463 e. The van der Waals surface area contributed by atoms with Gasteiger partial charge in [0.15, 0.2) is 0 Å². The molecule has 6 heteroatoms. The molecule has 0 heterocycles. The topological polar surface area (TPSA) is 83.8 Å². The van der Waals surface area contributed by atoms with Crippen molar-refractivity contribution in [2.24, 2.45) is 0 Å². The minimum absolute atomic E-state index is 0.0698. The second-order valence-electron chi connectivity index (χ2n) is 3.51. The highest BCUT2D eigenvalue weighted by Crippen LogP contribution is 2.23. The summed E-state index contributed by atoms with van der Waals surface area (Å²) in [7, 11) is -2.85. The van der Waals surface area contributed by atoms with Gasteiger partial charge in [0.25, 0.3) is 0 Å². The van der Waals surface area contributed by atoms with E-state index >= 15 is 0 Å². The number of hydrogen-bond donors (Lipinski definition) is 2. The molecule has 2 unspecified atom stereocenters. The van der Waals surface area contributed by atoms with Crippen LogP contribution in [0.15, 0.2) is 24.3 Å². The predicted molar refractivity (Wildman–Crippen MR) is 63.8 cm³/mol. The highest BCUT2D eigenvalue weighted by atomic mass is 31.1. The van der Waals surface area contributed by atoms with E-state index in [1.165, 1.54) is 6.07 Å². The lowest BCUT2D eigenvalue weighted by atomic mass is 10.0. The Balaban J connectivity index is 2.91. The summed E-state index contributed by atoms with van der Waals surface area (Å²) in [6.07, 6.45) is 0. The number of carbonyl (C=O) groups excluding carboxylic acids is 1. The Morgan fingerprint density at radius 1 is 1.47 bits per heavy atom. The van der Waals surface area contributed by atoms with E-state index in [4.69, 9.17) is 14.7 Å². The predicted octanol–water partition coefficient (Wildman–Crippen LogP) is 0.418. The number of benzene rings is 1. The molecular formula is C11H15O5P. The van der Waals surface area contributed by atoms with Crippen LogP contribution in [0.1, 0.15) is 18.4 Å². The van der Waals surface area contributed by atoms with Gasteiger partial charge in [-0.25, -0.2) is 0 Å². The van der Waals surface area contributed by atoms with E-state index in [1.54, 1.807) is 25.1 Å². The zero-order chi connectivity index (χ0) is 12.8. The van der Waals surface area contributed by atoms with Gasteiger partial charge in [-0.2, -0.15) is 0 Å². The first-order valence-corrected chi connectivity index (χ1v) is 6.53. The van der Waals surface area contributed by atoms with Crippen molar-refractivity contribution in [2.75, 3.05) is 13.2 Å². The van der Waals surface area contributed by atoms with Crippen LogP contribution in [0.4, 0.5) is 0 Å². The molecule has 0 aromatic heterocycles. The van der Waals surface area contributed by atoms with Gasteiger partial charge in [0, 0.05) is 5.30 Å². The molecule has 0 aliphatic heterocycles. The van der Waals surface area contributed by atoms with Crippen LogP contribution in [0.2, 0.25) is 0 Å². The molecule has 1 rings (SSSR count). The molecule has 2 N–H and O–H groups in total. The number of aliphatic hydroxyl groups is 1. The van der Waals surface area contributed by atoms with Crippen LogP contribution >= 0.6 is 8.03 Å². The second kappa shape index (κ2) is 6.55. The number of rotatable bonds is 5. The molecule has 0 aliphatic carbocycles. The normalized spacial score (nSPS) is 14.1. The first kappa shape index (κ1) is 13.9. The van der Waals surface area contributed by atoms with E-state index in [1.807, 2.05) is 0 Å². The molecule has 0 amide bonds. The molecule has 0 radical (unpaired) electrons. The standard InChI is InChI=1S/C11H15O5P/c1-8(11(13)16-7-6-12)9-4-2-3-5-10(9)17(14)15/h2-5,8,12,17H,6-7H2,1H3,(H,14,15). The Hall–Kier alpha value is -1.16. The lowest BCUT2D eigenvalue weighted by Crippen LogP contribution is -2.19. The molecule has 0 aliphatic rings. The fraction of sp³-hybridized carbons (Fsp3) is 0.364. The SMILES string of the molecule is CC(C(=O)OCCO)c1ccccc1[PH](=O)O. The molecular weight excluding hydrogens is 243 g/mol. The zero-order valence-corrected chi connectivity index (χ0v) is 10.4. The highest BCUT2D eigenvalue weighted by Gasteiger charge is 2.20. The van der Waals surface area contributed by atoms with E-state index in [0.29, 0.717) is 5.56 Å². The van der Waals surface area contributed by atoms with Crippen molar-refractivity contribution in [3.8, 4) is 0 Å². The fourth-order valence-corrected chi connectivity index (χ4v) is 2.25. The van der Waals surface area contributed by atoms with Crippen molar-refractivity contribution >= 4 is 19.3 Å². The van der Waals surface area contributed by atoms with Gasteiger partial charge in [0.1, 0.15) is 6.61 Å². The van der Waals surface area contributed by atoms with Crippen LogP contribution in [-0.4, -0.2) is 29.2 Å². The van der Waals surface area contributed by atoms with Gasteiger partial charge in [-0.05, 0) is 18.6 Å². The molecule has 0 bridgehead atoms. The van der Waals surface area contributed by atoms with Gasteiger partial charge in [-0.1, -0.05) is 18.2 Å². The fourth-order valence-electron chi connectivity index (χ4n) is 1.47. The molecule has 0 saturated carbocycles. The summed E-state index contributed by atoms with van der Waals surface area (Å²) in [6, 6.07) is 6.48. The number of hydrogen-bond acceptors (Lipinski definition) is 4. The second-order valence-corrected chi connectivity index (χ2v) is 4.65. The van der Waals surface area contributed by atoms with E-state index in [-0.39, 0.29) is 18.5 Å². The Labute approximate surface area is 99.9 Å².